The molecule has 5 nitrogen and oxygen atoms in total. The first-order chi connectivity index (χ1) is 7.52. The van der Waals surface area contributed by atoms with E-state index in [-0.39, 0.29) is 29.4 Å². The van der Waals surface area contributed by atoms with E-state index < -0.39 is 12.2 Å². The fourth-order valence-electron chi connectivity index (χ4n) is 1.39. The smallest absolute Gasteiger partial charge is 0.143 e. The van der Waals surface area contributed by atoms with E-state index >= 15 is 0 Å². The summed E-state index contributed by atoms with van der Waals surface area (Å²) >= 11 is 5.41. The molecule has 0 aliphatic heterocycles. The lowest BCUT2D eigenvalue weighted by atomic mass is 9.99. The maximum absolute atomic E-state index is 9.77. The fourth-order valence-corrected chi connectivity index (χ4v) is 1.55. The van der Waals surface area contributed by atoms with Gasteiger partial charge in [0.05, 0.1) is 24.3 Å². The average Bonchev–Trinajstić information content (AvgIpc) is 2.30. The molecule has 90 valence electrons. The standard InChI is InChI=1S/C10H14ClNO4/c1-5-9(15)8(6(4-13)3-12-5)10(16)7(14)2-11/h3,7,10,13-16H,2,4H2,1H3. The molecule has 0 saturated heterocycles. The summed E-state index contributed by atoms with van der Waals surface area (Å²) < 4.78 is 0. The van der Waals surface area contributed by atoms with Gasteiger partial charge in [0, 0.05) is 17.3 Å². The lowest BCUT2D eigenvalue weighted by Crippen LogP contribution is -2.21. The van der Waals surface area contributed by atoms with Crippen LogP contribution in [0.3, 0.4) is 0 Å². The molecule has 0 aromatic carbocycles. The largest absolute Gasteiger partial charge is 0.506 e. The summed E-state index contributed by atoms with van der Waals surface area (Å²) in [6.07, 6.45) is -1.21. The number of nitrogens with zero attached hydrogens (tertiary/aromatic N) is 1. The highest BCUT2D eigenvalue weighted by Crippen LogP contribution is 2.31. The minimum atomic E-state index is -1.35. The van der Waals surface area contributed by atoms with E-state index in [0.717, 1.165) is 0 Å². The molecule has 0 fully saturated rings. The van der Waals surface area contributed by atoms with E-state index in [0.29, 0.717) is 5.69 Å². The minimum absolute atomic E-state index is 0.0724. The van der Waals surface area contributed by atoms with Gasteiger partial charge in [-0.1, -0.05) is 0 Å². The first-order valence-electron chi connectivity index (χ1n) is 4.73. The van der Waals surface area contributed by atoms with Crippen molar-refractivity contribution in [2.24, 2.45) is 0 Å². The van der Waals surface area contributed by atoms with Crippen LogP contribution in [0, 0.1) is 6.92 Å². The molecule has 0 aliphatic carbocycles. The molecule has 4 N–H and O–H groups in total. The number of hydrogen-bond donors (Lipinski definition) is 4. The first kappa shape index (κ1) is 13.2. The van der Waals surface area contributed by atoms with Gasteiger partial charge >= 0.3 is 0 Å². The van der Waals surface area contributed by atoms with Crippen LogP contribution in [0.5, 0.6) is 5.75 Å². The Morgan fingerprint density at radius 1 is 1.44 bits per heavy atom. The highest BCUT2D eigenvalue weighted by molar-refractivity contribution is 6.18. The lowest BCUT2D eigenvalue weighted by Gasteiger charge is -2.20. The normalized spacial score (nSPS) is 14.8. The third kappa shape index (κ3) is 2.44. The number of aliphatic hydroxyl groups is 3. The van der Waals surface area contributed by atoms with Gasteiger partial charge in [-0.15, -0.1) is 11.6 Å². The molecule has 0 radical (unpaired) electrons. The molecule has 1 aromatic heterocycles. The molecule has 1 aromatic rings. The van der Waals surface area contributed by atoms with Crippen molar-refractivity contribution in [3.05, 3.63) is 23.0 Å². The molecule has 2 atom stereocenters. The van der Waals surface area contributed by atoms with Crippen LogP contribution < -0.4 is 0 Å². The highest BCUT2D eigenvalue weighted by atomic mass is 35.5. The van der Waals surface area contributed by atoms with Crippen molar-refractivity contribution in [1.29, 1.82) is 0 Å². The SMILES string of the molecule is Cc1ncc(CO)c(C(O)C(O)CCl)c1O. The van der Waals surface area contributed by atoms with Crippen LogP contribution in [-0.4, -0.2) is 37.4 Å². The summed E-state index contributed by atoms with van der Waals surface area (Å²) in [5, 5.41) is 38.0. The maximum atomic E-state index is 9.77. The number of alkyl halides is 1. The fraction of sp³-hybridized carbons (Fsp3) is 0.500. The third-order valence-electron chi connectivity index (χ3n) is 2.35. The minimum Gasteiger partial charge on any atom is -0.506 e. The number of aromatic nitrogens is 1. The molecule has 2 unspecified atom stereocenters. The second-order valence-corrected chi connectivity index (χ2v) is 3.76. The van der Waals surface area contributed by atoms with Crippen molar-refractivity contribution in [2.45, 2.75) is 25.7 Å². The van der Waals surface area contributed by atoms with Crippen LogP contribution in [0.15, 0.2) is 6.20 Å². The van der Waals surface area contributed by atoms with Crippen molar-refractivity contribution < 1.29 is 20.4 Å². The van der Waals surface area contributed by atoms with E-state index in [1.165, 1.54) is 6.20 Å². The number of hydrogen-bond acceptors (Lipinski definition) is 5. The Hall–Kier alpha value is -0.880. The predicted octanol–water partition coefficient (Wildman–Crippen LogP) is 0.221. The van der Waals surface area contributed by atoms with Crippen molar-refractivity contribution >= 4 is 11.6 Å². The topological polar surface area (TPSA) is 93.8 Å². The van der Waals surface area contributed by atoms with E-state index in [9.17, 15) is 15.3 Å². The molecular formula is C10H14ClNO4. The predicted molar refractivity (Wildman–Crippen MR) is 58.2 cm³/mol. The van der Waals surface area contributed by atoms with Gasteiger partial charge in [0.2, 0.25) is 0 Å². The number of aromatic hydroxyl groups is 1. The summed E-state index contributed by atoms with van der Waals surface area (Å²) in [6, 6.07) is 0. The Balaban J connectivity index is 3.23. The zero-order chi connectivity index (χ0) is 12.3. The Morgan fingerprint density at radius 2 is 2.06 bits per heavy atom. The van der Waals surface area contributed by atoms with Gasteiger partial charge in [-0.05, 0) is 6.92 Å². The molecule has 0 amide bonds. The van der Waals surface area contributed by atoms with Gasteiger partial charge in [-0.3, -0.25) is 4.98 Å². The van der Waals surface area contributed by atoms with Gasteiger partial charge in [0.1, 0.15) is 11.9 Å². The van der Waals surface area contributed by atoms with Crippen LogP contribution >= 0.6 is 11.6 Å². The molecule has 0 aliphatic rings. The average molecular weight is 248 g/mol. The number of halogens is 1. The summed E-state index contributed by atoms with van der Waals surface area (Å²) in [7, 11) is 0. The van der Waals surface area contributed by atoms with E-state index in [2.05, 4.69) is 4.98 Å². The van der Waals surface area contributed by atoms with E-state index in [1.54, 1.807) is 6.92 Å². The Bertz CT molecular complexity index is 372. The van der Waals surface area contributed by atoms with Gasteiger partial charge in [0.15, 0.2) is 0 Å². The molecule has 0 saturated carbocycles. The zero-order valence-electron chi connectivity index (χ0n) is 8.76. The molecule has 1 heterocycles. The van der Waals surface area contributed by atoms with Crippen LogP contribution in [0.1, 0.15) is 22.9 Å². The Morgan fingerprint density at radius 3 is 2.56 bits per heavy atom. The third-order valence-corrected chi connectivity index (χ3v) is 2.66. The summed E-state index contributed by atoms with van der Waals surface area (Å²) in [5.74, 6) is -0.407. The lowest BCUT2D eigenvalue weighted by molar-refractivity contribution is 0.0298. The molecule has 0 spiro atoms. The maximum Gasteiger partial charge on any atom is 0.143 e. The van der Waals surface area contributed by atoms with E-state index in [1.807, 2.05) is 0 Å². The van der Waals surface area contributed by atoms with Gasteiger partial charge in [0.25, 0.3) is 0 Å². The summed E-state index contributed by atoms with van der Waals surface area (Å²) in [4.78, 5) is 3.84. The summed E-state index contributed by atoms with van der Waals surface area (Å²) in [5.41, 5.74) is 0.649. The van der Waals surface area contributed by atoms with Crippen LogP contribution in [0.4, 0.5) is 0 Å². The number of rotatable bonds is 4. The van der Waals surface area contributed by atoms with Gasteiger partial charge < -0.3 is 20.4 Å². The Kier molecular flexibility index (Phi) is 4.49. The van der Waals surface area contributed by atoms with Crippen LogP contribution in [0.25, 0.3) is 0 Å². The van der Waals surface area contributed by atoms with Crippen molar-refractivity contribution in [1.82, 2.24) is 4.98 Å². The first-order valence-corrected chi connectivity index (χ1v) is 5.26. The highest BCUT2D eigenvalue weighted by Gasteiger charge is 2.24. The number of pyridine rings is 1. The van der Waals surface area contributed by atoms with Gasteiger partial charge in [-0.25, -0.2) is 0 Å². The summed E-state index contributed by atoms with van der Waals surface area (Å²) in [6.45, 7) is 1.17. The van der Waals surface area contributed by atoms with E-state index in [4.69, 9.17) is 16.7 Å². The number of aliphatic hydroxyl groups excluding tert-OH is 3. The number of aryl methyl sites for hydroxylation is 1. The molecule has 0 bridgehead atoms. The van der Waals surface area contributed by atoms with Crippen molar-refractivity contribution in [3.8, 4) is 5.75 Å². The second-order valence-electron chi connectivity index (χ2n) is 3.46. The molecule has 6 heteroatoms. The van der Waals surface area contributed by atoms with Crippen molar-refractivity contribution in [3.63, 3.8) is 0 Å². The zero-order valence-corrected chi connectivity index (χ0v) is 9.52. The van der Waals surface area contributed by atoms with Gasteiger partial charge in [-0.2, -0.15) is 0 Å². The molecule has 16 heavy (non-hydrogen) atoms. The van der Waals surface area contributed by atoms with Crippen LogP contribution in [-0.2, 0) is 6.61 Å². The quantitative estimate of drug-likeness (QED) is 0.571. The second kappa shape index (κ2) is 5.45. The molecular weight excluding hydrogens is 234 g/mol. The monoisotopic (exact) mass is 247 g/mol. The Labute approximate surface area is 98.0 Å². The van der Waals surface area contributed by atoms with Crippen LogP contribution in [0.2, 0.25) is 0 Å². The molecule has 1 rings (SSSR count). The van der Waals surface area contributed by atoms with Crippen molar-refractivity contribution in [2.75, 3.05) is 5.88 Å².